The summed E-state index contributed by atoms with van der Waals surface area (Å²) < 4.78 is 4.80. The van der Waals surface area contributed by atoms with E-state index in [4.69, 9.17) is 4.74 Å². The molecule has 0 aliphatic carbocycles. The first-order chi connectivity index (χ1) is 9.95. The van der Waals surface area contributed by atoms with Gasteiger partial charge in [-0.2, -0.15) is 0 Å². The maximum absolute atomic E-state index is 12.5. The molecule has 5 nitrogen and oxygen atoms in total. The molecule has 1 N–H and O–H groups in total. The molecule has 0 bridgehead atoms. The number of esters is 1. The molecule has 2 atom stereocenters. The van der Waals surface area contributed by atoms with E-state index in [9.17, 15) is 9.59 Å². The predicted octanol–water partition coefficient (Wildman–Crippen LogP) is 1.36. The number of nitrogens with zero attached hydrogens (tertiary/aromatic N) is 1. The summed E-state index contributed by atoms with van der Waals surface area (Å²) in [6.45, 7) is 4.00. The fourth-order valence-corrected chi connectivity index (χ4v) is 2.92. The predicted molar refractivity (Wildman–Crippen MR) is 81.1 cm³/mol. The van der Waals surface area contributed by atoms with Gasteiger partial charge in [-0.05, 0) is 17.5 Å². The van der Waals surface area contributed by atoms with Crippen LogP contribution in [-0.4, -0.2) is 38.1 Å². The highest BCUT2D eigenvalue weighted by Gasteiger charge is 2.34. The number of para-hydroxylation sites is 1. The normalized spacial score (nSPS) is 22.1. The van der Waals surface area contributed by atoms with E-state index in [0.717, 1.165) is 11.3 Å². The Hall–Kier alpha value is -2.04. The number of methoxy groups -OCH3 is 1. The van der Waals surface area contributed by atoms with Crippen molar-refractivity contribution in [3.05, 3.63) is 29.8 Å². The highest BCUT2D eigenvalue weighted by molar-refractivity contribution is 5.91. The van der Waals surface area contributed by atoms with Crippen molar-refractivity contribution in [1.29, 1.82) is 0 Å². The molecule has 1 amide bonds. The first kappa shape index (κ1) is 15.4. The van der Waals surface area contributed by atoms with Gasteiger partial charge in [-0.3, -0.25) is 4.79 Å². The highest BCUT2D eigenvalue weighted by Crippen LogP contribution is 2.27. The van der Waals surface area contributed by atoms with Crippen LogP contribution in [0.25, 0.3) is 0 Å². The summed E-state index contributed by atoms with van der Waals surface area (Å²) in [5.74, 6) is -0.429. The van der Waals surface area contributed by atoms with E-state index >= 15 is 0 Å². The van der Waals surface area contributed by atoms with Crippen LogP contribution in [-0.2, 0) is 20.7 Å². The number of benzene rings is 1. The molecule has 0 unspecified atom stereocenters. The van der Waals surface area contributed by atoms with Crippen molar-refractivity contribution in [3.63, 3.8) is 0 Å². The van der Waals surface area contributed by atoms with Crippen molar-refractivity contribution in [2.75, 3.05) is 19.1 Å². The minimum atomic E-state index is -0.640. The fourth-order valence-electron chi connectivity index (χ4n) is 2.92. The van der Waals surface area contributed by atoms with Gasteiger partial charge in [-0.15, -0.1) is 0 Å². The zero-order chi connectivity index (χ0) is 15.6. The Labute approximate surface area is 125 Å². The number of hydrogen-bond acceptors (Lipinski definition) is 4. The molecule has 0 saturated heterocycles. The third kappa shape index (κ3) is 3.01. The Morgan fingerprint density at radius 1 is 1.38 bits per heavy atom. The minimum absolute atomic E-state index is 0.124. The first-order valence-corrected chi connectivity index (χ1v) is 7.14. The summed E-state index contributed by atoms with van der Waals surface area (Å²) in [4.78, 5) is 26.4. The molecule has 0 saturated carbocycles. The van der Waals surface area contributed by atoms with Crippen molar-refractivity contribution in [2.24, 2.45) is 5.92 Å². The average Bonchev–Trinajstić information content (AvgIpc) is 2.44. The summed E-state index contributed by atoms with van der Waals surface area (Å²) in [5.41, 5.74) is 2.01. The van der Waals surface area contributed by atoms with Gasteiger partial charge in [0, 0.05) is 19.2 Å². The van der Waals surface area contributed by atoms with E-state index in [1.54, 1.807) is 0 Å². The molecule has 0 radical (unpaired) electrons. The number of fused-ring (bicyclic) bond motifs is 1. The molecule has 114 valence electrons. The average molecular weight is 290 g/mol. The number of anilines is 1. The van der Waals surface area contributed by atoms with Crippen LogP contribution in [0.5, 0.6) is 0 Å². The van der Waals surface area contributed by atoms with E-state index in [1.807, 2.05) is 50.1 Å². The monoisotopic (exact) mass is 290 g/mol. The molecule has 0 spiro atoms. The van der Waals surface area contributed by atoms with Crippen LogP contribution in [0.4, 0.5) is 5.69 Å². The van der Waals surface area contributed by atoms with Gasteiger partial charge in [0.1, 0.15) is 12.1 Å². The molecule has 1 aliphatic rings. The van der Waals surface area contributed by atoms with Crippen LogP contribution >= 0.6 is 0 Å². The first-order valence-electron chi connectivity index (χ1n) is 7.14. The Balaban J connectivity index is 2.47. The summed E-state index contributed by atoms with van der Waals surface area (Å²) >= 11 is 0. The van der Waals surface area contributed by atoms with Gasteiger partial charge in [0.25, 0.3) is 0 Å². The lowest BCUT2D eigenvalue weighted by Crippen LogP contribution is -2.55. The third-order valence-corrected chi connectivity index (χ3v) is 3.92. The van der Waals surface area contributed by atoms with Gasteiger partial charge < -0.3 is 15.0 Å². The lowest BCUT2D eigenvalue weighted by atomic mass is 9.95. The van der Waals surface area contributed by atoms with E-state index in [-0.39, 0.29) is 17.9 Å². The zero-order valence-electron chi connectivity index (χ0n) is 12.9. The van der Waals surface area contributed by atoms with Gasteiger partial charge in [0.05, 0.1) is 7.11 Å². The van der Waals surface area contributed by atoms with Crippen molar-refractivity contribution in [1.82, 2.24) is 5.32 Å². The Bertz CT molecular complexity index is 542. The van der Waals surface area contributed by atoms with Crippen molar-refractivity contribution >= 4 is 17.6 Å². The molecule has 1 aromatic carbocycles. The van der Waals surface area contributed by atoms with Crippen LogP contribution in [0.3, 0.4) is 0 Å². The van der Waals surface area contributed by atoms with Crippen molar-refractivity contribution in [3.8, 4) is 0 Å². The molecule has 1 aliphatic heterocycles. The quantitative estimate of drug-likeness (QED) is 0.836. The second-order valence-corrected chi connectivity index (χ2v) is 5.72. The number of carbonyl (C=O) groups is 2. The Morgan fingerprint density at radius 2 is 2.05 bits per heavy atom. The van der Waals surface area contributed by atoms with Gasteiger partial charge >= 0.3 is 5.97 Å². The summed E-state index contributed by atoms with van der Waals surface area (Å²) in [6, 6.07) is 6.89. The topological polar surface area (TPSA) is 58.6 Å². The maximum atomic E-state index is 12.5. The summed E-state index contributed by atoms with van der Waals surface area (Å²) in [7, 11) is 3.26. The number of likely N-dealkylation sites (N-methyl/N-ethyl adjacent to an activating group) is 1. The van der Waals surface area contributed by atoms with Crippen LogP contribution in [0, 0.1) is 5.92 Å². The number of carbonyl (C=O) groups excluding carboxylic acids is 2. The standard InChI is InChI=1S/C16H22N2O3/c1-10(2)14-15(19)17-12(16(20)21-4)9-11-7-5-6-8-13(11)18(14)3/h5-8,10,12,14H,9H2,1-4H3,(H,17,19)/t12-,14-/m0/s1. The smallest absolute Gasteiger partial charge is 0.328 e. The third-order valence-electron chi connectivity index (χ3n) is 3.92. The molecule has 21 heavy (non-hydrogen) atoms. The zero-order valence-corrected chi connectivity index (χ0v) is 12.9. The van der Waals surface area contributed by atoms with Gasteiger partial charge in [-0.1, -0.05) is 32.0 Å². The van der Waals surface area contributed by atoms with Gasteiger partial charge in [-0.25, -0.2) is 4.79 Å². The number of nitrogens with one attached hydrogen (secondary N) is 1. The molecule has 2 rings (SSSR count). The molecular formula is C16H22N2O3. The largest absolute Gasteiger partial charge is 0.467 e. The van der Waals surface area contributed by atoms with E-state index < -0.39 is 12.0 Å². The van der Waals surface area contributed by atoms with Crippen LogP contribution in [0.1, 0.15) is 19.4 Å². The number of ether oxygens (including phenoxy) is 1. The summed E-state index contributed by atoms with van der Waals surface area (Å²) in [6.07, 6.45) is 0.434. The maximum Gasteiger partial charge on any atom is 0.328 e. The van der Waals surface area contributed by atoms with Gasteiger partial charge in [0.2, 0.25) is 5.91 Å². The highest BCUT2D eigenvalue weighted by atomic mass is 16.5. The molecule has 0 fully saturated rings. The minimum Gasteiger partial charge on any atom is -0.467 e. The fraction of sp³-hybridized carbons (Fsp3) is 0.500. The summed E-state index contributed by atoms with van der Waals surface area (Å²) in [5, 5.41) is 2.82. The van der Waals surface area contributed by atoms with Crippen molar-refractivity contribution < 1.29 is 14.3 Å². The van der Waals surface area contributed by atoms with Crippen molar-refractivity contribution in [2.45, 2.75) is 32.4 Å². The molecular weight excluding hydrogens is 268 g/mol. The Kier molecular flexibility index (Phi) is 4.50. The number of rotatable bonds is 2. The van der Waals surface area contributed by atoms with Crippen LogP contribution in [0.15, 0.2) is 24.3 Å². The lowest BCUT2D eigenvalue weighted by molar-refractivity contribution is -0.145. The molecule has 0 aromatic heterocycles. The molecule has 5 heteroatoms. The Morgan fingerprint density at radius 3 is 2.67 bits per heavy atom. The van der Waals surface area contributed by atoms with Crippen LogP contribution < -0.4 is 10.2 Å². The molecule has 1 heterocycles. The second-order valence-electron chi connectivity index (χ2n) is 5.72. The van der Waals surface area contributed by atoms with Crippen LogP contribution in [0.2, 0.25) is 0 Å². The number of amides is 1. The van der Waals surface area contributed by atoms with E-state index in [1.165, 1.54) is 7.11 Å². The lowest BCUT2D eigenvalue weighted by Gasteiger charge is -2.36. The van der Waals surface area contributed by atoms with Gasteiger partial charge in [0.15, 0.2) is 0 Å². The number of hydrogen-bond donors (Lipinski definition) is 1. The van der Waals surface area contributed by atoms with E-state index in [2.05, 4.69) is 5.32 Å². The molecule has 1 aromatic rings. The SMILES string of the molecule is COC(=O)[C@@H]1Cc2ccccc2N(C)[C@@H](C(C)C)C(=O)N1. The second kappa shape index (κ2) is 6.16. The van der Waals surface area contributed by atoms with E-state index in [0.29, 0.717) is 6.42 Å².